The summed E-state index contributed by atoms with van der Waals surface area (Å²) in [6.45, 7) is 5.40. The molecule has 1 unspecified atom stereocenters. The lowest BCUT2D eigenvalue weighted by molar-refractivity contribution is -0.142. The number of carbonyl (C=O) groups is 2. The molecular formula is C16H22N2O3. The summed E-state index contributed by atoms with van der Waals surface area (Å²) in [4.78, 5) is 25.1. The molecule has 1 aromatic rings. The van der Waals surface area contributed by atoms with Crippen LogP contribution in [0.4, 0.5) is 0 Å². The number of carboxylic acids is 1. The molecule has 114 valence electrons. The third-order valence-corrected chi connectivity index (χ3v) is 3.97. The van der Waals surface area contributed by atoms with Crippen LogP contribution < -0.4 is 5.32 Å². The maximum Gasteiger partial charge on any atom is 0.322 e. The summed E-state index contributed by atoms with van der Waals surface area (Å²) in [5, 5.41) is 12.0. The molecule has 1 amide bonds. The van der Waals surface area contributed by atoms with Gasteiger partial charge in [-0.2, -0.15) is 0 Å². The molecule has 1 heterocycles. The van der Waals surface area contributed by atoms with Crippen molar-refractivity contribution in [2.24, 2.45) is 0 Å². The van der Waals surface area contributed by atoms with Gasteiger partial charge in [-0.3, -0.25) is 9.59 Å². The van der Waals surface area contributed by atoms with Crippen molar-refractivity contribution in [3.05, 3.63) is 35.9 Å². The highest BCUT2D eigenvalue weighted by Gasteiger charge is 2.31. The Kier molecular flexibility index (Phi) is 4.63. The molecule has 0 aromatic heterocycles. The van der Waals surface area contributed by atoms with Gasteiger partial charge in [0.15, 0.2) is 0 Å². The number of aliphatic carboxylic acids is 1. The van der Waals surface area contributed by atoms with E-state index in [1.54, 1.807) is 4.90 Å². The van der Waals surface area contributed by atoms with Crippen molar-refractivity contribution < 1.29 is 14.7 Å². The number of amides is 1. The highest BCUT2D eigenvalue weighted by molar-refractivity contribution is 5.80. The van der Waals surface area contributed by atoms with Gasteiger partial charge in [0.2, 0.25) is 5.91 Å². The summed E-state index contributed by atoms with van der Waals surface area (Å²) < 4.78 is 0. The average Bonchev–Trinajstić information content (AvgIpc) is 2.48. The first-order chi connectivity index (χ1) is 9.90. The second-order valence-electron chi connectivity index (χ2n) is 6.11. The van der Waals surface area contributed by atoms with Crippen molar-refractivity contribution >= 4 is 11.9 Å². The topological polar surface area (TPSA) is 69.6 Å². The fourth-order valence-electron chi connectivity index (χ4n) is 2.62. The van der Waals surface area contributed by atoms with Gasteiger partial charge in [0.05, 0.1) is 0 Å². The monoisotopic (exact) mass is 290 g/mol. The second-order valence-corrected chi connectivity index (χ2v) is 6.11. The lowest BCUT2D eigenvalue weighted by atomic mass is 9.81. The quantitative estimate of drug-likeness (QED) is 0.875. The summed E-state index contributed by atoms with van der Waals surface area (Å²) in [5.41, 5.74) is 0.852. The molecule has 1 saturated heterocycles. The summed E-state index contributed by atoms with van der Waals surface area (Å²) in [5.74, 6) is -0.897. The Hall–Kier alpha value is -1.88. The smallest absolute Gasteiger partial charge is 0.322 e. The van der Waals surface area contributed by atoms with E-state index in [-0.39, 0.29) is 17.9 Å². The largest absolute Gasteiger partial charge is 0.480 e. The fourth-order valence-corrected chi connectivity index (χ4v) is 2.62. The van der Waals surface area contributed by atoms with Crippen molar-refractivity contribution in [1.29, 1.82) is 0 Å². The number of hydrogen-bond acceptors (Lipinski definition) is 3. The van der Waals surface area contributed by atoms with Crippen LogP contribution in [-0.2, 0) is 15.0 Å². The molecule has 1 fully saturated rings. The van der Waals surface area contributed by atoms with Gasteiger partial charge in [-0.15, -0.1) is 0 Å². The van der Waals surface area contributed by atoms with Crippen LogP contribution in [0, 0.1) is 0 Å². The van der Waals surface area contributed by atoms with Crippen LogP contribution in [0.2, 0.25) is 0 Å². The number of carboxylic acid groups (broad SMARTS) is 1. The number of rotatable bonds is 4. The zero-order chi connectivity index (χ0) is 15.5. The molecular weight excluding hydrogens is 268 g/mol. The molecule has 1 atom stereocenters. The van der Waals surface area contributed by atoms with Crippen molar-refractivity contribution in [1.82, 2.24) is 10.2 Å². The lowest BCUT2D eigenvalue weighted by Crippen LogP contribution is -2.56. The van der Waals surface area contributed by atoms with Crippen LogP contribution in [0.25, 0.3) is 0 Å². The molecule has 5 heteroatoms. The molecule has 5 nitrogen and oxygen atoms in total. The minimum absolute atomic E-state index is 0.0107. The first-order valence-electron chi connectivity index (χ1n) is 7.19. The van der Waals surface area contributed by atoms with E-state index in [9.17, 15) is 9.59 Å². The van der Waals surface area contributed by atoms with Crippen LogP contribution in [0.1, 0.15) is 25.8 Å². The standard InChI is InChI=1S/C16H22N2O3/c1-16(2,12-6-4-3-5-7-12)10-14(19)18-9-8-17-13(11-18)15(20)21/h3-7,13,17H,8-11H2,1-2H3,(H,20,21). The number of benzene rings is 1. The Balaban J connectivity index is 2.02. The van der Waals surface area contributed by atoms with Gasteiger partial charge in [-0.1, -0.05) is 44.2 Å². The van der Waals surface area contributed by atoms with E-state index < -0.39 is 12.0 Å². The number of nitrogens with one attached hydrogen (secondary N) is 1. The van der Waals surface area contributed by atoms with Gasteiger partial charge >= 0.3 is 5.97 Å². The molecule has 0 spiro atoms. The summed E-state index contributed by atoms with van der Waals surface area (Å²) >= 11 is 0. The lowest BCUT2D eigenvalue weighted by Gasteiger charge is -2.34. The Morgan fingerprint density at radius 3 is 2.62 bits per heavy atom. The van der Waals surface area contributed by atoms with E-state index in [4.69, 9.17) is 5.11 Å². The molecule has 2 rings (SSSR count). The first kappa shape index (κ1) is 15.5. The molecule has 1 aromatic carbocycles. The maximum atomic E-state index is 12.5. The minimum atomic E-state index is -0.908. The van der Waals surface area contributed by atoms with Crippen LogP contribution >= 0.6 is 0 Å². The van der Waals surface area contributed by atoms with Crippen LogP contribution in [0.15, 0.2) is 30.3 Å². The first-order valence-corrected chi connectivity index (χ1v) is 7.19. The van der Waals surface area contributed by atoms with E-state index in [0.717, 1.165) is 5.56 Å². The van der Waals surface area contributed by atoms with Crippen LogP contribution in [0.3, 0.4) is 0 Å². The molecule has 1 aliphatic rings. The average molecular weight is 290 g/mol. The Morgan fingerprint density at radius 2 is 2.00 bits per heavy atom. The predicted octanol–water partition coefficient (Wildman–Crippen LogP) is 1.24. The second kappa shape index (κ2) is 6.26. The molecule has 0 aliphatic carbocycles. The van der Waals surface area contributed by atoms with Gasteiger partial charge in [-0.25, -0.2) is 0 Å². The summed E-state index contributed by atoms with van der Waals surface area (Å²) in [7, 11) is 0. The van der Waals surface area contributed by atoms with Crippen molar-refractivity contribution in [3.63, 3.8) is 0 Å². The van der Waals surface area contributed by atoms with E-state index in [0.29, 0.717) is 19.5 Å². The van der Waals surface area contributed by atoms with E-state index in [1.807, 2.05) is 44.2 Å². The van der Waals surface area contributed by atoms with Gasteiger partial charge in [0, 0.05) is 26.1 Å². The Labute approximate surface area is 125 Å². The molecule has 0 bridgehead atoms. The summed E-state index contributed by atoms with van der Waals surface area (Å²) in [6.07, 6.45) is 0.378. The number of piperazine rings is 1. The van der Waals surface area contributed by atoms with Gasteiger partial charge in [0.1, 0.15) is 6.04 Å². The highest BCUT2D eigenvalue weighted by atomic mass is 16.4. The van der Waals surface area contributed by atoms with Crippen LogP contribution in [0.5, 0.6) is 0 Å². The van der Waals surface area contributed by atoms with E-state index >= 15 is 0 Å². The van der Waals surface area contributed by atoms with Crippen LogP contribution in [-0.4, -0.2) is 47.6 Å². The molecule has 21 heavy (non-hydrogen) atoms. The van der Waals surface area contributed by atoms with E-state index in [1.165, 1.54) is 0 Å². The normalized spacial score (nSPS) is 19.3. The van der Waals surface area contributed by atoms with E-state index in [2.05, 4.69) is 5.32 Å². The van der Waals surface area contributed by atoms with Crippen molar-refractivity contribution in [3.8, 4) is 0 Å². The molecule has 0 saturated carbocycles. The predicted molar refractivity (Wildman–Crippen MR) is 80.1 cm³/mol. The number of hydrogen-bond donors (Lipinski definition) is 2. The SMILES string of the molecule is CC(C)(CC(=O)N1CCNC(C(=O)O)C1)c1ccccc1. The van der Waals surface area contributed by atoms with Gasteiger partial charge < -0.3 is 15.3 Å². The zero-order valence-corrected chi connectivity index (χ0v) is 12.5. The Bertz CT molecular complexity index is 514. The highest BCUT2D eigenvalue weighted by Crippen LogP contribution is 2.27. The molecule has 2 N–H and O–H groups in total. The fraction of sp³-hybridized carbons (Fsp3) is 0.500. The number of nitrogens with zero attached hydrogens (tertiary/aromatic N) is 1. The summed E-state index contributed by atoms with van der Waals surface area (Å²) in [6, 6.07) is 9.26. The van der Waals surface area contributed by atoms with Gasteiger partial charge in [-0.05, 0) is 11.0 Å². The third kappa shape index (κ3) is 3.82. The third-order valence-electron chi connectivity index (χ3n) is 3.97. The van der Waals surface area contributed by atoms with Crippen molar-refractivity contribution in [2.75, 3.05) is 19.6 Å². The minimum Gasteiger partial charge on any atom is -0.480 e. The zero-order valence-electron chi connectivity index (χ0n) is 12.5. The molecule has 0 radical (unpaired) electrons. The van der Waals surface area contributed by atoms with Crippen molar-refractivity contribution in [2.45, 2.75) is 31.7 Å². The van der Waals surface area contributed by atoms with Gasteiger partial charge in [0.25, 0.3) is 0 Å². The molecule has 1 aliphatic heterocycles. The Morgan fingerprint density at radius 1 is 1.33 bits per heavy atom. The maximum absolute atomic E-state index is 12.5. The number of carbonyl (C=O) groups excluding carboxylic acids is 1.